The molecule has 0 saturated heterocycles. The molecule has 1 saturated carbocycles. The van der Waals surface area contributed by atoms with Crippen LogP contribution in [0.15, 0.2) is 41.4 Å². The number of rotatable bonds is 6. The molecule has 8 heteroatoms. The van der Waals surface area contributed by atoms with Gasteiger partial charge in [0.05, 0.1) is 16.7 Å². The van der Waals surface area contributed by atoms with Gasteiger partial charge in [-0.25, -0.2) is 8.42 Å². The molecule has 138 valence electrons. The Hall–Kier alpha value is -2.32. The van der Waals surface area contributed by atoms with Crippen LogP contribution in [-0.4, -0.2) is 28.7 Å². The Morgan fingerprint density at radius 1 is 1.23 bits per heavy atom. The maximum Gasteiger partial charge on any atom is 0.289 e. The fraction of sp³-hybridized carbons (Fsp3) is 0.389. The predicted molar refractivity (Wildman–Crippen MR) is 97.3 cm³/mol. The van der Waals surface area contributed by atoms with Gasteiger partial charge in [0.1, 0.15) is 0 Å². The minimum absolute atomic E-state index is 0.154. The topological polar surface area (TPSA) is 93.4 Å². The summed E-state index contributed by atoms with van der Waals surface area (Å²) in [4.78, 5) is 14.9. The summed E-state index contributed by atoms with van der Waals surface area (Å²) >= 11 is 0. The molecule has 1 heterocycles. The molecule has 3 rings (SSSR count). The Labute approximate surface area is 152 Å². The number of aryl methyl sites for hydroxylation is 2. The number of sulfonamides is 1. The molecule has 1 aliphatic rings. The number of pyridine rings is 1. The number of benzene rings is 1. The Morgan fingerprint density at radius 3 is 2.42 bits per heavy atom. The number of nitro benzene ring substituents is 1. The summed E-state index contributed by atoms with van der Waals surface area (Å²) in [5.74, 6) is 0. The van der Waals surface area contributed by atoms with Crippen molar-refractivity contribution in [3.05, 3.63) is 63.5 Å². The molecule has 1 aromatic carbocycles. The third-order valence-corrected chi connectivity index (χ3v) is 6.78. The molecular formula is C18H21N3O4S. The molecule has 0 N–H and O–H groups in total. The van der Waals surface area contributed by atoms with E-state index in [1.165, 1.54) is 16.4 Å². The molecular weight excluding hydrogens is 354 g/mol. The minimum atomic E-state index is -4.05. The first-order chi connectivity index (χ1) is 12.2. The predicted octanol–water partition coefficient (Wildman–Crippen LogP) is 3.52. The van der Waals surface area contributed by atoms with Crippen molar-refractivity contribution in [3.8, 4) is 0 Å². The van der Waals surface area contributed by atoms with Crippen LogP contribution in [0.5, 0.6) is 0 Å². The monoisotopic (exact) mass is 375 g/mol. The number of nitrogens with zero attached hydrogens (tertiary/aromatic N) is 3. The van der Waals surface area contributed by atoms with Crippen molar-refractivity contribution in [1.29, 1.82) is 0 Å². The van der Waals surface area contributed by atoms with Gasteiger partial charge in [-0.1, -0.05) is 6.07 Å². The zero-order valence-corrected chi connectivity index (χ0v) is 15.7. The summed E-state index contributed by atoms with van der Waals surface area (Å²) in [5.41, 5.74) is 1.63. The summed E-state index contributed by atoms with van der Waals surface area (Å²) < 4.78 is 28.2. The van der Waals surface area contributed by atoms with E-state index < -0.39 is 21.0 Å². The number of aromatic nitrogens is 1. The molecule has 1 fully saturated rings. The van der Waals surface area contributed by atoms with Gasteiger partial charge in [0.15, 0.2) is 4.90 Å². The Bertz CT molecular complexity index is 940. The van der Waals surface area contributed by atoms with Crippen molar-refractivity contribution in [3.63, 3.8) is 0 Å². The normalized spacial score (nSPS) is 15.8. The zero-order chi connectivity index (χ0) is 19.1. The lowest BCUT2D eigenvalue weighted by Gasteiger charge is -2.28. The quantitative estimate of drug-likeness (QED) is 0.569. The Balaban J connectivity index is 2.13. The van der Waals surface area contributed by atoms with Gasteiger partial charge in [-0.2, -0.15) is 4.31 Å². The highest BCUT2D eigenvalue weighted by Gasteiger charge is 2.44. The third-order valence-electron chi connectivity index (χ3n) is 4.73. The molecule has 2 aromatic rings. The molecule has 1 atom stereocenters. The maximum atomic E-state index is 13.4. The lowest BCUT2D eigenvalue weighted by Crippen LogP contribution is -2.36. The van der Waals surface area contributed by atoms with Crippen molar-refractivity contribution in [2.45, 2.75) is 50.6 Å². The van der Waals surface area contributed by atoms with E-state index in [4.69, 9.17) is 0 Å². The molecule has 0 aliphatic heterocycles. The van der Waals surface area contributed by atoms with Gasteiger partial charge >= 0.3 is 0 Å². The maximum absolute atomic E-state index is 13.4. The van der Waals surface area contributed by atoms with Crippen LogP contribution in [0.1, 0.15) is 42.6 Å². The first kappa shape index (κ1) is 18.5. The van der Waals surface area contributed by atoms with Crippen LogP contribution in [0, 0.1) is 24.0 Å². The molecule has 7 nitrogen and oxygen atoms in total. The fourth-order valence-corrected chi connectivity index (χ4v) is 5.12. The van der Waals surface area contributed by atoms with Crippen molar-refractivity contribution in [2.24, 2.45) is 0 Å². The molecule has 0 radical (unpaired) electrons. The van der Waals surface area contributed by atoms with E-state index >= 15 is 0 Å². The second-order valence-corrected chi connectivity index (χ2v) is 8.47. The van der Waals surface area contributed by atoms with Crippen LogP contribution in [-0.2, 0) is 10.0 Å². The Morgan fingerprint density at radius 2 is 1.88 bits per heavy atom. The zero-order valence-electron chi connectivity index (χ0n) is 14.9. The van der Waals surface area contributed by atoms with E-state index in [0.29, 0.717) is 16.8 Å². The van der Waals surface area contributed by atoms with Crippen LogP contribution in [0.25, 0.3) is 0 Å². The molecule has 0 unspecified atom stereocenters. The summed E-state index contributed by atoms with van der Waals surface area (Å²) in [6, 6.07) is 7.41. The molecule has 0 spiro atoms. The van der Waals surface area contributed by atoms with E-state index in [2.05, 4.69) is 4.98 Å². The van der Waals surface area contributed by atoms with Crippen molar-refractivity contribution >= 4 is 15.7 Å². The smallest absolute Gasteiger partial charge is 0.260 e. The third kappa shape index (κ3) is 3.34. The molecule has 26 heavy (non-hydrogen) atoms. The first-order valence-corrected chi connectivity index (χ1v) is 9.87. The highest BCUT2D eigenvalue weighted by molar-refractivity contribution is 7.89. The number of hydrogen-bond donors (Lipinski definition) is 0. The number of hydrogen-bond acceptors (Lipinski definition) is 5. The van der Waals surface area contributed by atoms with Crippen molar-refractivity contribution in [2.75, 3.05) is 0 Å². The van der Waals surface area contributed by atoms with Crippen LogP contribution in [0.3, 0.4) is 0 Å². The van der Waals surface area contributed by atoms with E-state index in [1.807, 2.05) is 0 Å². The van der Waals surface area contributed by atoms with Gasteiger partial charge in [0.2, 0.25) is 0 Å². The van der Waals surface area contributed by atoms with Crippen LogP contribution < -0.4 is 0 Å². The van der Waals surface area contributed by atoms with E-state index in [1.54, 1.807) is 45.2 Å². The van der Waals surface area contributed by atoms with Crippen molar-refractivity contribution in [1.82, 2.24) is 9.29 Å². The average Bonchev–Trinajstić information content (AvgIpc) is 3.42. The van der Waals surface area contributed by atoms with Crippen LogP contribution in [0.2, 0.25) is 0 Å². The van der Waals surface area contributed by atoms with Crippen LogP contribution in [0.4, 0.5) is 5.69 Å². The second-order valence-electron chi connectivity index (χ2n) is 6.66. The lowest BCUT2D eigenvalue weighted by molar-refractivity contribution is -0.387. The summed E-state index contributed by atoms with van der Waals surface area (Å²) in [5, 5.41) is 11.5. The average molecular weight is 375 g/mol. The van der Waals surface area contributed by atoms with Gasteiger partial charge < -0.3 is 0 Å². The second kappa shape index (κ2) is 6.77. The highest BCUT2D eigenvalue weighted by Crippen LogP contribution is 2.41. The summed E-state index contributed by atoms with van der Waals surface area (Å²) in [7, 11) is -4.05. The van der Waals surface area contributed by atoms with Crippen LogP contribution >= 0.6 is 0 Å². The largest absolute Gasteiger partial charge is 0.289 e. The lowest BCUT2D eigenvalue weighted by atomic mass is 10.1. The van der Waals surface area contributed by atoms with Gasteiger partial charge in [-0.15, -0.1) is 0 Å². The standard InChI is InChI=1S/C18H21N3O4S/c1-12-10-17(21(22)23)18(11-13(12)2)26(24,25)20(15-7-8-15)14(3)16-6-4-5-9-19-16/h4-6,9-11,14-15H,7-8H2,1-3H3/t14-/m1/s1. The van der Waals surface area contributed by atoms with E-state index in [-0.39, 0.29) is 16.6 Å². The molecule has 1 aromatic heterocycles. The minimum Gasteiger partial charge on any atom is -0.260 e. The molecule has 0 amide bonds. The number of nitro groups is 1. The molecule has 0 bridgehead atoms. The van der Waals surface area contributed by atoms with Crippen molar-refractivity contribution < 1.29 is 13.3 Å². The van der Waals surface area contributed by atoms with E-state index in [0.717, 1.165) is 12.8 Å². The van der Waals surface area contributed by atoms with E-state index in [9.17, 15) is 18.5 Å². The fourth-order valence-electron chi connectivity index (χ4n) is 3.04. The van der Waals surface area contributed by atoms with Gasteiger partial charge in [0, 0.05) is 18.3 Å². The summed E-state index contributed by atoms with van der Waals surface area (Å²) in [6.07, 6.45) is 3.10. The highest BCUT2D eigenvalue weighted by atomic mass is 32.2. The van der Waals surface area contributed by atoms with Gasteiger partial charge in [0.25, 0.3) is 15.7 Å². The van der Waals surface area contributed by atoms with Gasteiger partial charge in [-0.05, 0) is 62.9 Å². The SMILES string of the molecule is Cc1cc([N+](=O)[O-])c(S(=O)(=O)N(C2CC2)[C@H](C)c2ccccn2)cc1C. The summed E-state index contributed by atoms with van der Waals surface area (Å²) in [6.45, 7) is 5.25. The Kier molecular flexibility index (Phi) is 4.81. The van der Waals surface area contributed by atoms with Gasteiger partial charge in [-0.3, -0.25) is 15.1 Å². The molecule has 1 aliphatic carbocycles. The first-order valence-electron chi connectivity index (χ1n) is 8.43.